The first-order chi connectivity index (χ1) is 8.34. The zero-order valence-corrected chi connectivity index (χ0v) is 10.6. The first kappa shape index (κ1) is 12.4. The van der Waals surface area contributed by atoms with Gasteiger partial charge in [0.2, 0.25) is 5.88 Å². The maximum Gasteiger partial charge on any atom is 0.213 e. The number of likely N-dealkylation sites (tertiary alicyclic amines) is 1. The minimum absolute atomic E-state index is 0.746. The van der Waals surface area contributed by atoms with Crippen LogP contribution >= 0.6 is 0 Å². The van der Waals surface area contributed by atoms with Crippen LogP contribution in [0, 0.1) is 5.92 Å². The molecule has 2 rings (SSSR count). The first-order valence-corrected chi connectivity index (χ1v) is 6.57. The minimum atomic E-state index is 0.746. The van der Waals surface area contributed by atoms with Gasteiger partial charge in [-0.2, -0.15) is 0 Å². The molecule has 0 atom stereocenters. The van der Waals surface area contributed by atoms with Crippen LogP contribution in [0.4, 0.5) is 0 Å². The topological polar surface area (TPSA) is 25.4 Å². The third kappa shape index (κ3) is 4.35. The van der Waals surface area contributed by atoms with Crippen molar-refractivity contribution in [3.8, 4) is 5.88 Å². The minimum Gasteiger partial charge on any atom is -0.478 e. The monoisotopic (exact) mass is 234 g/mol. The maximum absolute atomic E-state index is 5.60. The third-order valence-electron chi connectivity index (χ3n) is 3.48. The zero-order chi connectivity index (χ0) is 11.9. The van der Waals surface area contributed by atoms with E-state index in [9.17, 15) is 0 Å². The highest BCUT2D eigenvalue weighted by Crippen LogP contribution is 2.20. The van der Waals surface area contributed by atoms with E-state index in [0.29, 0.717) is 0 Å². The predicted octanol–water partition coefficient (Wildman–Crippen LogP) is 2.58. The van der Waals surface area contributed by atoms with Gasteiger partial charge >= 0.3 is 0 Å². The fraction of sp³-hybridized carbons (Fsp3) is 0.643. The summed E-state index contributed by atoms with van der Waals surface area (Å²) in [4.78, 5) is 6.56. The van der Waals surface area contributed by atoms with Gasteiger partial charge < -0.3 is 9.64 Å². The molecule has 0 amide bonds. The molecule has 1 aliphatic rings. The first-order valence-electron chi connectivity index (χ1n) is 6.57. The Morgan fingerprint density at radius 2 is 2.18 bits per heavy atom. The Morgan fingerprint density at radius 3 is 2.88 bits per heavy atom. The second kappa shape index (κ2) is 6.60. The quantitative estimate of drug-likeness (QED) is 0.732. The van der Waals surface area contributed by atoms with Crippen LogP contribution in [0.5, 0.6) is 5.88 Å². The van der Waals surface area contributed by atoms with Crippen molar-refractivity contribution in [2.45, 2.75) is 25.7 Å². The van der Waals surface area contributed by atoms with Crippen molar-refractivity contribution in [1.29, 1.82) is 0 Å². The number of pyridine rings is 1. The van der Waals surface area contributed by atoms with E-state index >= 15 is 0 Å². The van der Waals surface area contributed by atoms with Crippen molar-refractivity contribution in [3.05, 3.63) is 24.4 Å². The second-order valence-corrected chi connectivity index (χ2v) is 4.91. The molecule has 3 heteroatoms. The smallest absolute Gasteiger partial charge is 0.213 e. The molecule has 1 fully saturated rings. The summed E-state index contributed by atoms with van der Waals surface area (Å²) in [7, 11) is 2.21. The van der Waals surface area contributed by atoms with E-state index in [1.54, 1.807) is 6.20 Å². The molecule has 0 aliphatic carbocycles. The van der Waals surface area contributed by atoms with Crippen LogP contribution in [0.2, 0.25) is 0 Å². The fourth-order valence-corrected chi connectivity index (χ4v) is 2.33. The van der Waals surface area contributed by atoms with Crippen molar-refractivity contribution in [2.24, 2.45) is 5.92 Å². The Morgan fingerprint density at radius 1 is 1.35 bits per heavy atom. The van der Waals surface area contributed by atoms with Gasteiger partial charge in [0, 0.05) is 12.3 Å². The Bertz CT molecular complexity index is 307. The number of hydrogen-bond donors (Lipinski definition) is 0. The molecule has 0 saturated carbocycles. The molecule has 1 saturated heterocycles. The van der Waals surface area contributed by atoms with E-state index in [1.165, 1.54) is 32.4 Å². The highest BCUT2D eigenvalue weighted by Gasteiger charge is 2.15. The van der Waals surface area contributed by atoms with E-state index in [2.05, 4.69) is 16.9 Å². The Hall–Kier alpha value is -1.09. The van der Waals surface area contributed by atoms with Crippen molar-refractivity contribution in [1.82, 2.24) is 9.88 Å². The summed E-state index contributed by atoms with van der Waals surface area (Å²) >= 11 is 0. The lowest BCUT2D eigenvalue weighted by molar-refractivity contribution is 0.199. The Labute approximate surface area is 104 Å². The average molecular weight is 234 g/mol. The van der Waals surface area contributed by atoms with Crippen LogP contribution in [0.1, 0.15) is 25.7 Å². The molecule has 0 spiro atoms. The molecule has 1 aromatic rings. The maximum atomic E-state index is 5.60. The van der Waals surface area contributed by atoms with E-state index in [0.717, 1.165) is 24.8 Å². The van der Waals surface area contributed by atoms with Gasteiger partial charge in [-0.15, -0.1) is 0 Å². The third-order valence-corrected chi connectivity index (χ3v) is 3.48. The van der Waals surface area contributed by atoms with Crippen molar-refractivity contribution in [2.75, 3.05) is 26.7 Å². The number of ether oxygens (including phenoxy) is 1. The fourth-order valence-electron chi connectivity index (χ4n) is 2.33. The molecule has 0 unspecified atom stereocenters. The van der Waals surface area contributed by atoms with E-state index in [-0.39, 0.29) is 0 Å². The Balaban J connectivity index is 1.57. The lowest BCUT2D eigenvalue weighted by Gasteiger charge is -2.28. The number of hydrogen-bond acceptors (Lipinski definition) is 3. The van der Waals surface area contributed by atoms with Gasteiger partial charge in [0.15, 0.2) is 0 Å². The molecular formula is C14H22N2O. The Kier molecular flexibility index (Phi) is 4.80. The lowest BCUT2D eigenvalue weighted by Crippen LogP contribution is -2.30. The highest BCUT2D eigenvalue weighted by atomic mass is 16.5. The van der Waals surface area contributed by atoms with Crippen LogP contribution in [0.3, 0.4) is 0 Å². The largest absolute Gasteiger partial charge is 0.478 e. The molecule has 2 heterocycles. The molecular weight excluding hydrogens is 212 g/mol. The van der Waals surface area contributed by atoms with Crippen LogP contribution in [-0.2, 0) is 0 Å². The van der Waals surface area contributed by atoms with Crippen molar-refractivity contribution < 1.29 is 4.74 Å². The number of piperidine rings is 1. The van der Waals surface area contributed by atoms with Gasteiger partial charge in [0.1, 0.15) is 0 Å². The van der Waals surface area contributed by atoms with Gasteiger partial charge in [-0.1, -0.05) is 6.07 Å². The molecule has 0 radical (unpaired) electrons. The van der Waals surface area contributed by atoms with Crippen molar-refractivity contribution >= 4 is 0 Å². The molecule has 0 bridgehead atoms. The van der Waals surface area contributed by atoms with E-state index in [4.69, 9.17) is 4.74 Å². The molecule has 1 aliphatic heterocycles. The van der Waals surface area contributed by atoms with Crippen LogP contribution in [0.25, 0.3) is 0 Å². The molecule has 94 valence electrons. The number of rotatable bonds is 5. The van der Waals surface area contributed by atoms with Gasteiger partial charge in [-0.3, -0.25) is 0 Å². The van der Waals surface area contributed by atoms with E-state index < -0.39 is 0 Å². The summed E-state index contributed by atoms with van der Waals surface area (Å²) in [6, 6.07) is 5.78. The van der Waals surface area contributed by atoms with Crippen LogP contribution < -0.4 is 4.74 Å². The van der Waals surface area contributed by atoms with E-state index in [1.807, 2.05) is 18.2 Å². The molecule has 3 nitrogen and oxygen atoms in total. The summed E-state index contributed by atoms with van der Waals surface area (Å²) in [5.41, 5.74) is 0. The standard InChI is InChI=1S/C14H22N2O/c1-16-10-7-13(8-11-16)5-4-12-17-14-6-2-3-9-15-14/h2-3,6,9,13H,4-5,7-8,10-12H2,1H3. The second-order valence-electron chi connectivity index (χ2n) is 4.91. The normalized spacial score (nSPS) is 18.2. The molecule has 0 aromatic carbocycles. The zero-order valence-electron chi connectivity index (χ0n) is 10.6. The van der Waals surface area contributed by atoms with Crippen molar-refractivity contribution in [3.63, 3.8) is 0 Å². The molecule has 17 heavy (non-hydrogen) atoms. The summed E-state index contributed by atoms with van der Waals surface area (Å²) in [6.45, 7) is 3.31. The average Bonchev–Trinajstić information content (AvgIpc) is 2.38. The van der Waals surface area contributed by atoms with Gasteiger partial charge in [0.05, 0.1) is 6.61 Å². The summed E-state index contributed by atoms with van der Waals surface area (Å²) in [5, 5.41) is 0. The summed E-state index contributed by atoms with van der Waals surface area (Å²) in [5.74, 6) is 1.65. The number of nitrogens with zero attached hydrogens (tertiary/aromatic N) is 2. The molecule has 1 aromatic heterocycles. The predicted molar refractivity (Wildman–Crippen MR) is 69.2 cm³/mol. The van der Waals surface area contributed by atoms with Crippen LogP contribution in [0.15, 0.2) is 24.4 Å². The SMILES string of the molecule is CN1CCC(CCCOc2ccccn2)CC1. The van der Waals surface area contributed by atoms with Gasteiger partial charge in [-0.25, -0.2) is 4.98 Å². The summed E-state index contributed by atoms with van der Waals surface area (Å²) in [6.07, 6.45) is 6.90. The summed E-state index contributed by atoms with van der Waals surface area (Å²) < 4.78 is 5.60. The van der Waals surface area contributed by atoms with Gasteiger partial charge in [0.25, 0.3) is 0 Å². The van der Waals surface area contributed by atoms with Crippen LogP contribution in [-0.4, -0.2) is 36.6 Å². The highest BCUT2D eigenvalue weighted by molar-refractivity contribution is 5.08. The molecule has 0 N–H and O–H groups in total. The number of aromatic nitrogens is 1. The van der Waals surface area contributed by atoms with Gasteiger partial charge in [-0.05, 0) is 57.8 Å². The lowest BCUT2D eigenvalue weighted by atomic mass is 9.93.